The van der Waals surface area contributed by atoms with Crippen LogP contribution in [-0.4, -0.2) is 21.3 Å². The molecule has 4 aliphatic carbocycles. The lowest BCUT2D eigenvalue weighted by Crippen LogP contribution is -2.50. The first kappa shape index (κ1) is 19.8. The second kappa shape index (κ2) is 6.82. The molecule has 2 aromatic rings. The number of phenols is 1. The van der Waals surface area contributed by atoms with Crippen LogP contribution in [0.3, 0.4) is 0 Å². The first-order valence-corrected chi connectivity index (χ1v) is 12.6. The maximum absolute atomic E-state index is 10.7. The van der Waals surface area contributed by atoms with Crippen molar-refractivity contribution in [3.63, 3.8) is 0 Å². The third-order valence-corrected chi connectivity index (χ3v) is 10.4. The normalized spacial score (nSPS) is 38.5. The third-order valence-electron chi connectivity index (χ3n) is 9.36. The van der Waals surface area contributed by atoms with Crippen LogP contribution in [0, 0.1) is 28.6 Å². The Morgan fingerprint density at radius 2 is 1.87 bits per heavy atom. The third kappa shape index (κ3) is 2.85. The van der Waals surface area contributed by atoms with Crippen molar-refractivity contribution in [1.82, 2.24) is 4.98 Å². The molecule has 2 saturated carbocycles. The van der Waals surface area contributed by atoms with Crippen LogP contribution < -0.4 is 5.32 Å². The van der Waals surface area contributed by atoms with E-state index < -0.39 is 0 Å². The Morgan fingerprint density at radius 1 is 1.06 bits per heavy atom. The van der Waals surface area contributed by atoms with Crippen molar-refractivity contribution in [2.45, 2.75) is 64.9 Å². The van der Waals surface area contributed by atoms with Crippen molar-refractivity contribution in [2.75, 3.05) is 5.32 Å². The molecule has 0 radical (unpaired) electrons. The molecule has 4 aliphatic rings. The van der Waals surface area contributed by atoms with Crippen molar-refractivity contribution in [1.29, 1.82) is 0 Å². The molecule has 164 valence electrons. The Balaban J connectivity index is 1.32. The highest BCUT2D eigenvalue weighted by Gasteiger charge is 2.58. The van der Waals surface area contributed by atoms with E-state index in [9.17, 15) is 10.2 Å². The summed E-state index contributed by atoms with van der Waals surface area (Å²) in [6.45, 7) is 4.87. The number of aryl methyl sites for hydroxylation is 1. The first-order chi connectivity index (χ1) is 14.9. The van der Waals surface area contributed by atoms with E-state index in [4.69, 9.17) is 4.98 Å². The molecule has 31 heavy (non-hydrogen) atoms. The van der Waals surface area contributed by atoms with Crippen LogP contribution in [0.2, 0.25) is 0 Å². The molecule has 0 aliphatic heterocycles. The Labute approximate surface area is 188 Å². The zero-order valence-electron chi connectivity index (χ0n) is 18.4. The average molecular weight is 437 g/mol. The van der Waals surface area contributed by atoms with Crippen LogP contribution in [0.25, 0.3) is 5.57 Å². The lowest BCUT2D eigenvalue weighted by Gasteiger charge is -2.56. The van der Waals surface area contributed by atoms with E-state index in [1.165, 1.54) is 41.8 Å². The van der Waals surface area contributed by atoms with E-state index in [-0.39, 0.29) is 22.7 Å². The zero-order valence-corrected chi connectivity index (χ0v) is 19.2. The van der Waals surface area contributed by atoms with Crippen LogP contribution in [0.4, 0.5) is 10.8 Å². The highest BCUT2D eigenvalue weighted by atomic mass is 32.1. The monoisotopic (exact) mass is 436 g/mol. The predicted octanol–water partition coefficient (Wildman–Crippen LogP) is 6.14. The van der Waals surface area contributed by atoms with Crippen molar-refractivity contribution in [2.24, 2.45) is 28.6 Å². The minimum absolute atomic E-state index is 0.107. The number of aliphatic hydroxyl groups is 1. The largest absolute Gasteiger partial charge is 0.508 e. The average Bonchev–Trinajstić information content (AvgIpc) is 3.29. The number of fused-ring (bicyclic) bond motifs is 7. The summed E-state index contributed by atoms with van der Waals surface area (Å²) in [6, 6.07) is 7.18. The van der Waals surface area contributed by atoms with E-state index in [0.29, 0.717) is 11.8 Å². The van der Waals surface area contributed by atoms with Crippen LogP contribution >= 0.6 is 11.3 Å². The summed E-state index contributed by atoms with van der Waals surface area (Å²) < 4.78 is 0. The SMILES string of the molecule is C[C@]12CC[C@H]3[C@@H](CC=C4c5sc(Nc6ccc(O)cc6)nc5CC[C@@]43C)[C@@H]1CC[C@@H]2O. The number of rotatable bonds is 2. The summed E-state index contributed by atoms with van der Waals surface area (Å²) >= 11 is 1.78. The molecule has 1 heterocycles. The second-order valence-corrected chi connectivity index (χ2v) is 11.8. The van der Waals surface area contributed by atoms with E-state index >= 15 is 0 Å². The zero-order chi connectivity index (χ0) is 21.4. The van der Waals surface area contributed by atoms with Gasteiger partial charge in [0.1, 0.15) is 5.75 Å². The summed E-state index contributed by atoms with van der Waals surface area (Å²) in [6.07, 6.45) is 10.4. The number of nitrogens with zero attached hydrogens (tertiary/aromatic N) is 1. The number of aromatic hydroxyl groups is 1. The van der Waals surface area contributed by atoms with Gasteiger partial charge >= 0.3 is 0 Å². The Morgan fingerprint density at radius 3 is 2.68 bits per heavy atom. The highest BCUT2D eigenvalue weighted by molar-refractivity contribution is 7.16. The van der Waals surface area contributed by atoms with E-state index in [2.05, 4.69) is 25.2 Å². The lowest BCUT2D eigenvalue weighted by atomic mass is 9.48. The maximum Gasteiger partial charge on any atom is 0.187 e. The van der Waals surface area contributed by atoms with Gasteiger partial charge in [0.05, 0.1) is 16.7 Å². The van der Waals surface area contributed by atoms with Crippen LogP contribution in [0.15, 0.2) is 30.3 Å². The number of thiazole rings is 1. The molecule has 2 fully saturated rings. The number of hydrogen-bond acceptors (Lipinski definition) is 5. The fraction of sp³-hybridized carbons (Fsp3) is 0.577. The number of nitrogens with one attached hydrogen (secondary N) is 1. The molecule has 0 spiro atoms. The van der Waals surface area contributed by atoms with Gasteiger partial charge in [-0.15, -0.1) is 0 Å². The van der Waals surface area contributed by atoms with Crippen LogP contribution in [0.5, 0.6) is 5.75 Å². The lowest BCUT2D eigenvalue weighted by molar-refractivity contribution is -0.0579. The van der Waals surface area contributed by atoms with Gasteiger partial charge in [0.25, 0.3) is 0 Å². The van der Waals surface area contributed by atoms with Gasteiger partial charge in [-0.2, -0.15) is 0 Å². The highest BCUT2D eigenvalue weighted by Crippen LogP contribution is 2.66. The van der Waals surface area contributed by atoms with Gasteiger partial charge in [0.15, 0.2) is 5.13 Å². The predicted molar refractivity (Wildman–Crippen MR) is 126 cm³/mol. The molecular weight excluding hydrogens is 404 g/mol. The van der Waals surface area contributed by atoms with Gasteiger partial charge in [-0.3, -0.25) is 0 Å². The molecule has 0 bridgehead atoms. The Kier molecular flexibility index (Phi) is 4.36. The van der Waals surface area contributed by atoms with Crippen molar-refractivity contribution >= 4 is 27.7 Å². The van der Waals surface area contributed by atoms with Crippen molar-refractivity contribution < 1.29 is 10.2 Å². The molecule has 0 unspecified atom stereocenters. The van der Waals surface area contributed by atoms with Gasteiger partial charge in [-0.1, -0.05) is 31.3 Å². The number of aliphatic hydroxyl groups excluding tert-OH is 1. The second-order valence-electron chi connectivity index (χ2n) is 10.8. The molecule has 0 saturated heterocycles. The minimum Gasteiger partial charge on any atom is -0.508 e. The van der Waals surface area contributed by atoms with Crippen LogP contribution in [0.1, 0.15) is 62.9 Å². The molecule has 6 atom stereocenters. The number of benzene rings is 1. The first-order valence-electron chi connectivity index (χ1n) is 11.8. The number of aromatic nitrogens is 1. The molecule has 3 N–H and O–H groups in total. The van der Waals surface area contributed by atoms with E-state index in [1.807, 2.05) is 12.1 Å². The molecular formula is C26H32N2O2S. The summed E-state index contributed by atoms with van der Waals surface area (Å²) in [5.41, 5.74) is 4.09. The number of phenolic OH excluding ortho intramolecular Hbond substituents is 1. The number of allylic oxidation sites excluding steroid dienone is 2. The Bertz CT molecular complexity index is 1040. The summed E-state index contributed by atoms with van der Waals surface area (Å²) in [7, 11) is 0. The van der Waals surface area contributed by atoms with Gasteiger partial charge < -0.3 is 15.5 Å². The van der Waals surface area contributed by atoms with Crippen LogP contribution in [-0.2, 0) is 6.42 Å². The van der Waals surface area contributed by atoms with Crippen molar-refractivity contribution in [3.05, 3.63) is 40.9 Å². The van der Waals surface area contributed by atoms with Gasteiger partial charge in [0, 0.05) is 5.69 Å². The molecule has 1 aromatic carbocycles. The molecule has 5 heteroatoms. The Hall–Kier alpha value is -1.85. The fourth-order valence-corrected chi connectivity index (χ4v) is 8.78. The summed E-state index contributed by atoms with van der Waals surface area (Å²) in [4.78, 5) is 6.32. The molecule has 0 amide bonds. The number of anilines is 2. The minimum atomic E-state index is -0.107. The van der Waals surface area contributed by atoms with Gasteiger partial charge in [0.2, 0.25) is 0 Å². The smallest absolute Gasteiger partial charge is 0.187 e. The van der Waals surface area contributed by atoms with Gasteiger partial charge in [-0.05, 0) is 103 Å². The fourth-order valence-electron chi connectivity index (χ4n) is 7.57. The summed E-state index contributed by atoms with van der Waals surface area (Å²) in [5.74, 6) is 2.39. The van der Waals surface area contributed by atoms with Crippen molar-refractivity contribution in [3.8, 4) is 5.75 Å². The summed E-state index contributed by atoms with van der Waals surface area (Å²) in [5, 5.41) is 24.6. The molecule has 1 aromatic heterocycles. The van der Waals surface area contributed by atoms with E-state index in [0.717, 1.165) is 36.0 Å². The quantitative estimate of drug-likeness (QED) is 0.495. The standard InChI is InChI=1S/C26H32N2O2S/c1-25-14-12-21-23(31-24(28-21)27-15-3-5-16(29)6-4-15)20(25)8-7-17-18-9-10-22(30)26(18,2)13-11-19(17)25/h3-6,8,17-19,22,29-30H,7,9-14H2,1-2H3,(H,27,28)/t17-,18-,19-,22-,25+,26-/m0/s1. The number of hydrogen-bond donors (Lipinski definition) is 3. The molecule has 4 nitrogen and oxygen atoms in total. The molecule has 6 rings (SSSR count). The van der Waals surface area contributed by atoms with Gasteiger partial charge in [-0.25, -0.2) is 4.98 Å². The topological polar surface area (TPSA) is 65.4 Å². The maximum atomic E-state index is 10.7. The van der Waals surface area contributed by atoms with E-state index in [1.54, 1.807) is 23.5 Å².